The lowest BCUT2D eigenvalue weighted by molar-refractivity contribution is -0.120. The first kappa shape index (κ1) is 22.7. The molecule has 0 saturated carbocycles. The number of esters is 1. The van der Waals surface area contributed by atoms with Crippen molar-refractivity contribution in [2.24, 2.45) is 0 Å². The third-order valence-electron chi connectivity index (χ3n) is 4.44. The number of rotatable bonds is 8. The molecule has 7 heteroatoms. The topological polar surface area (TPSA) is 55.8 Å². The second-order valence-corrected chi connectivity index (χ2v) is 7.43. The minimum Gasteiger partial charge on any atom is -0.484 e. The Balaban J connectivity index is 1.84. The molecule has 0 atom stereocenters. The van der Waals surface area contributed by atoms with Gasteiger partial charge in [0.2, 0.25) is 0 Å². The summed E-state index contributed by atoms with van der Waals surface area (Å²) in [4.78, 5) is 26.5. The summed E-state index contributed by atoms with van der Waals surface area (Å²) < 4.78 is 10.6. The summed E-state index contributed by atoms with van der Waals surface area (Å²) in [7, 11) is 0. The maximum absolute atomic E-state index is 13.1. The molecule has 160 valence electrons. The fourth-order valence-corrected chi connectivity index (χ4v) is 3.34. The van der Waals surface area contributed by atoms with E-state index in [1.54, 1.807) is 66.4 Å². The van der Waals surface area contributed by atoms with Crippen LogP contribution in [0.15, 0.2) is 72.8 Å². The van der Waals surface area contributed by atoms with Crippen molar-refractivity contribution in [1.29, 1.82) is 0 Å². The van der Waals surface area contributed by atoms with Gasteiger partial charge in [0.25, 0.3) is 5.91 Å². The van der Waals surface area contributed by atoms with Crippen molar-refractivity contribution in [3.63, 3.8) is 0 Å². The summed E-state index contributed by atoms with van der Waals surface area (Å²) >= 11 is 12.3. The molecule has 0 fully saturated rings. The van der Waals surface area contributed by atoms with Gasteiger partial charge in [0.15, 0.2) is 6.61 Å². The summed E-state index contributed by atoms with van der Waals surface area (Å²) in [5.74, 6) is -0.0863. The number of amides is 1. The fourth-order valence-electron chi connectivity index (χ4n) is 2.88. The van der Waals surface area contributed by atoms with Crippen molar-refractivity contribution in [3.8, 4) is 5.75 Å². The summed E-state index contributed by atoms with van der Waals surface area (Å²) in [5.41, 5.74) is 1.73. The van der Waals surface area contributed by atoms with E-state index < -0.39 is 5.97 Å². The van der Waals surface area contributed by atoms with Crippen LogP contribution in [0.2, 0.25) is 10.0 Å². The van der Waals surface area contributed by atoms with E-state index in [-0.39, 0.29) is 25.7 Å². The fraction of sp³-hybridized carbons (Fsp3) is 0.167. The number of para-hydroxylation sites is 1. The number of anilines is 1. The molecule has 0 unspecified atom stereocenters. The smallest absolute Gasteiger partial charge is 0.338 e. The largest absolute Gasteiger partial charge is 0.484 e. The van der Waals surface area contributed by atoms with Gasteiger partial charge in [-0.1, -0.05) is 47.5 Å². The Hall–Kier alpha value is -3.02. The van der Waals surface area contributed by atoms with Gasteiger partial charge in [-0.05, 0) is 61.0 Å². The lowest BCUT2D eigenvalue weighted by Gasteiger charge is -2.24. The molecule has 3 aromatic rings. The first-order valence-corrected chi connectivity index (χ1v) is 10.4. The minimum absolute atomic E-state index is 0.158. The number of nitrogens with zero attached hydrogens (tertiary/aromatic N) is 1. The van der Waals surface area contributed by atoms with E-state index in [2.05, 4.69) is 0 Å². The average Bonchev–Trinajstić information content (AvgIpc) is 2.78. The first-order valence-electron chi connectivity index (χ1n) is 9.67. The summed E-state index contributed by atoms with van der Waals surface area (Å²) in [6.45, 7) is 2.09. The highest BCUT2D eigenvalue weighted by molar-refractivity contribution is 6.35. The van der Waals surface area contributed by atoms with Crippen LogP contribution < -0.4 is 9.64 Å². The lowest BCUT2D eigenvalue weighted by atomic mass is 10.1. The van der Waals surface area contributed by atoms with Crippen LogP contribution in [0, 0.1) is 0 Å². The van der Waals surface area contributed by atoms with Gasteiger partial charge >= 0.3 is 5.97 Å². The van der Waals surface area contributed by atoms with Gasteiger partial charge < -0.3 is 14.4 Å². The van der Waals surface area contributed by atoms with Crippen LogP contribution in [0.3, 0.4) is 0 Å². The third kappa shape index (κ3) is 6.23. The van der Waals surface area contributed by atoms with E-state index in [9.17, 15) is 9.59 Å². The van der Waals surface area contributed by atoms with Crippen LogP contribution in [0.1, 0.15) is 22.8 Å². The molecule has 0 N–H and O–H groups in total. The van der Waals surface area contributed by atoms with Crippen LogP contribution in [-0.2, 0) is 16.1 Å². The molecular formula is C24H21Cl2NO4. The predicted molar refractivity (Wildman–Crippen MR) is 122 cm³/mol. The molecule has 0 aliphatic rings. The standard InChI is InChI=1S/C24H21Cl2NO4/c1-2-30-24(29)17-9-12-20(13-10-17)27(15-18-8-11-19(25)14-22(18)26)23(28)16-31-21-6-4-3-5-7-21/h3-14H,2,15-16H2,1H3. The molecule has 5 nitrogen and oxygen atoms in total. The van der Waals surface area contributed by atoms with Gasteiger partial charge in [0, 0.05) is 15.7 Å². The Labute approximate surface area is 191 Å². The van der Waals surface area contributed by atoms with Crippen molar-refractivity contribution in [2.45, 2.75) is 13.5 Å². The Bertz CT molecular complexity index is 1040. The number of ether oxygens (including phenoxy) is 2. The van der Waals surface area contributed by atoms with E-state index in [1.807, 2.05) is 18.2 Å². The van der Waals surface area contributed by atoms with Crippen molar-refractivity contribution in [2.75, 3.05) is 18.1 Å². The van der Waals surface area contributed by atoms with Crippen molar-refractivity contribution in [1.82, 2.24) is 0 Å². The zero-order valence-corrected chi connectivity index (χ0v) is 18.4. The molecule has 0 aliphatic carbocycles. The van der Waals surface area contributed by atoms with Crippen LogP contribution in [0.4, 0.5) is 5.69 Å². The minimum atomic E-state index is -0.417. The highest BCUT2D eigenvalue weighted by atomic mass is 35.5. The Morgan fingerprint density at radius 1 is 0.935 bits per heavy atom. The molecule has 0 spiro atoms. The van der Waals surface area contributed by atoms with Crippen molar-refractivity contribution in [3.05, 3.63) is 94.0 Å². The summed E-state index contributed by atoms with van der Waals surface area (Å²) in [6, 6.07) is 20.8. The third-order valence-corrected chi connectivity index (χ3v) is 5.03. The van der Waals surface area contributed by atoms with Gasteiger partial charge in [0.05, 0.1) is 18.7 Å². The molecular weight excluding hydrogens is 437 g/mol. The van der Waals surface area contributed by atoms with E-state index in [0.717, 1.165) is 5.56 Å². The first-order chi connectivity index (χ1) is 15.0. The summed E-state index contributed by atoms with van der Waals surface area (Å²) in [5, 5.41) is 0.968. The van der Waals surface area contributed by atoms with Crippen molar-refractivity contribution < 1.29 is 19.1 Å². The van der Waals surface area contributed by atoms with Crippen LogP contribution in [0.25, 0.3) is 0 Å². The molecule has 0 heterocycles. The number of hydrogen-bond acceptors (Lipinski definition) is 4. The Morgan fingerprint density at radius 3 is 2.29 bits per heavy atom. The van der Waals surface area contributed by atoms with Gasteiger partial charge in [-0.3, -0.25) is 4.79 Å². The van der Waals surface area contributed by atoms with Crippen LogP contribution in [-0.4, -0.2) is 25.1 Å². The van der Waals surface area contributed by atoms with Gasteiger partial charge in [-0.2, -0.15) is 0 Å². The molecule has 3 rings (SSSR count). The quantitative estimate of drug-likeness (QED) is 0.402. The Morgan fingerprint density at radius 2 is 1.65 bits per heavy atom. The number of halogens is 2. The van der Waals surface area contributed by atoms with Crippen LogP contribution in [0.5, 0.6) is 5.75 Å². The number of carbonyl (C=O) groups excluding carboxylic acids is 2. The Kier molecular flexibility index (Phi) is 7.93. The molecule has 1 amide bonds. The zero-order chi connectivity index (χ0) is 22.2. The molecule has 0 aliphatic heterocycles. The lowest BCUT2D eigenvalue weighted by Crippen LogP contribution is -2.34. The second kappa shape index (κ2) is 10.8. The molecule has 0 aromatic heterocycles. The van der Waals surface area contributed by atoms with E-state index in [1.165, 1.54) is 0 Å². The maximum atomic E-state index is 13.1. The number of carbonyl (C=O) groups is 2. The monoisotopic (exact) mass is 457 g/mol. The highest BCUT2D eigenvalue weighted by Crippen LogP contribution is 2.25. The zero-order valence-electron chi connectivity index (χ0n) is 16.9. The predicted octanol–water partition coefficient (Wildman–Crippen LogP) is 5.78. The van der Waals surface area contributed by atoms with E-state index in [0.29, 0.717) is 27.0 Å². The van der Waals surface area contributed by atoms with Crippen molar-refractivity contribution >= 4 is 40.8 Å². The number of benzene rings is 3. The van der Waals surface area contributed by atoms with E-state index >= 15 is 0 Å². The number of hydrogen-bond donors (Lipinski definition) is 0. The summed E-state index contributed by atoms with van der Waals surface area (Å²) in [6.07, 6.45) is 0. The maximum Gasteiger partial charge on any atom is 0.338 e. The van der Waals surface area contributed by atoms with Crippen LogP contribution >= 0.6 is 23.2 Å². The molecule has 0 saturated heterocycles. The van der Waals surface area contributed by atoms with Gasteiger partial charge in [-0.15, -0.1) is 0 Å². The second-order valence-electron chi connectivity index (χ2n) is 6.58. The normalized spacial score (nSPS) is 10.4. The molecule has 0 radical (unpaired) electrons. The molecule has 3 aromatic carbocycles. The molecule has 31 heavy (non-hydrogen) atoms. The SMILES string of the molecule is CCOC(=O)c1ccc(N(Cc2ccc(Cl)cc2Cl)C(=O)COc2ccccc2)cc1. The van der Waals surface area contributed by atoms with Gasteiger partial charge in [-0.25, -0.2) is 4.79 Å². The molecule has 0 bridgehead atoms. The van der Waals surface area contributed by atoms with E-state index in [4.69, 9.17) is 32.7 Å². The van der Waals surface area contributed by atoms with Gasteiger partial charge in [0.1, 0.15) is 5.75 Å². The highest BCUT2D eigenvalue weighted by Gasteiger charge is 2.19. The average molecular weight is 458 g/mol.